The summed E-state index contributed by atoms with van der Waals surface area (Å²) in [6.07, 6.45) is 6.50. The lowest BCUT2D eigenvalue weighted by Gasteiger charge is -2.07. The summed E-state index contributed by atoms with van der Waals surface area (Å²) in [7, 11) is 1.73. The molecule has 0 bridgehead atoms. The van der Waals surface area contributed by atoms with Crippen LogP contribution in [0.25, 0.3) is 0 Å². The second-order valence-electron chi connectivity index (χ2n) is 4.99. The summed E-state index contributed by atoms with van der Waals surface area (Å²) in [5, 5.41) is 3.55. The molecule has 1 fully saturated rings. The summed E-state index contributed by atoms with van der Waals surface area (Å²) < 4.78 is 5.27. The predicted molar refractivity (Wildman–Crippen MR) is 71.7 cm³/mol. The van der Waals surface area contributed by atoms with Crippen LogP contribution in [0.2, 0.25) is 0 Å². The van der Waals surface area contributed by atoms with Crippen LogP contribution in [-0.2, 0) is 6.42 Å². The fraction of sp³-hybridized carbons (Fsp3) is 0.600. The lowest BCUT2D eigenvalue weighted by Crippen LogP contribution is -2.17. The minimum Gasteiger partial charge on any atom is -0.496 e. The number of rotatable bonds is 7. The Balaban J connectivity index is 1.68. The molecule has 0 heterocycles. The normalized spacial score (nSPS) is 14.9. The zero-order valence-corrected chi connectivity index (χ0v) is 11.0. The van der Waals surface area contributed by atoms with E-state index in [2.05, 4.69) is 30.4 Å². The average molecular weight is 233 g/mol. The van der Waals surface area contributed by atoms with Crippen LogP contribution in [0, 0.1) is 6.92 Å². The number of hydrogen-bond acceptors (Lipinski definition) is 2. The Morgan fingerprint density at radius 3 is 2.76 bits per heavy atom. The highest BCUT2D eigenvalue weighted by Crippen LogP contribution is 2.20. The first-order valence-electron chi connectivity index (χ1n) is 6.66. The van der Waals surface area contributed by atoms with Gasteiger partial charge < -0.3 is 10.1 Å². The minimum atomic E-state index is 0.846. The molecular weight excluding hydrogens is 210 g/mol. The van der Waals surface area contributed by atoms with Crippen molar-refractivity contribution in [2.24, 2.45) is 0 Å². The van der Waals surface area contributed by atoms with E-state index in [1.165, 1.54) is 49.8 Å². The zero-order valence-electron chi connectivity index (χ0n) is 11.0. The standard InChI is InChI=1S/C15H23NO/c1-12-11-13(6-9-15(12)17-2)5-3-4-10-16-14-7-8-14/h6,9,11,14,16H,3-5,7-8,10H2,1-2H3. The first-order chi connectivity index (χ1) is 8.29. The maximum Gasteiger partial charge on any atom is 0.121 e. The van der Waals surface area contributed by atoms with Crippen molar-refractivity contribution in [2.45, 2.75) is 45.1 Å². The molecule has 2 nitrogen and oxygen atoms in total. The topological polar surface area (TPSA) is 21.3 Å². The number of nitrogens with one attached hydrogen (secondary N) is 1. The van der Waals surface area contributed by atoms with Gasteiger partial charge in [0.15, 0.2) is 0 Å². The number of aryl methyl sites for hydroxylation is 2. The van der Waals surface area contributed by atoms with Crippen molar-refractivity contribution in [3.8, 4) is 5.75 Å². The molecule has 0 spiro atoms. The first-order valence-corrected chi connectivity index (χ1v) is 6.66. The smallest absolute Gasteiger partial charge is 0.121 e. The Morgan fingerprint density at radius 2 is 2.12 bits per heavy atom. The zero-order chi connectivity index (χ0) is 12.1. The summed E-state index contributed by atoms with van der Waals surface area (Å²) in [5.41, 5.74) is 2.66. The summed E-state index contributed by atoms with van der Waals surface area (Å²) in [6.45, 7) is 3.29. The van der Waals surface area contributed by atoms with Gasteiger partial charge in [0.2, 0.25) is 0 Å². The third-order valence-electron chi connectivity index (χ3n) is 3.36. The van der Waals surface area contributed by atoms with E-state index in [1.54, 1.807) is 7.11 Å². The minimum absolute atomic E-state index is 0.846. The van der Waals surface area contributed by atoms with Gasteiger partial charge in [0.25, 0.3) is 0 Å². The molecular formula is C15H23NO. The van der Waals surface area contributed by atoms with Crippen molar-refractivity contribution in [2.75, 3.05) is 13.7 Å². The van der Waals surface area contributed by atoms with Crippen LogP contribution in [0.5, 0.6) is 5.75 Å². The quantitative estimate of drug-likeness (QED) is 0.731. The Kier molecular flexibility index (Phi) is 4.43. The Labute approximate surface area is 104 Å². The third-order valence-corrected chi connectivity index (χ3v) is 3.36. The van der Waals surface area contributed by atoms with Gasteiger partial charge in [-0.25, -0.2) is 0 Å². The number of hydrogen-bond donors (Lipinski definition) is 1. The third kappa shape index (κ3) is 4.04. The van der Waals surface area contributed by atoms with Crippen LogP contribution in [0.15, 0.2) is 18.2 Å². The van der Waals surface area contributed by atoms with Crippen LogP contribution >= 0.6 is 0 Å². The Morgan fingerprint density at radius 1 is 1.29 bits per heavy atom. The number of ether oxygens (including phenoxy) is 1. The number of unbranched alkanes of at least 4 members (excludes halogenated alkanes) is 1. The average Bonchev–Trinajstić information content (AvgIpc) is 3.13. The lowest BCUT2D eigenvalue weighted by atomic mass is 10.1. The van der Waals surface area contributed by atoms with E-state index in [4.69, 9.17) is 4.74 Å². The second kappa shape index (κ2) is 6.06. The maximum atomic E-state index is 5.27. The van der Waals surface area contributed by atoms with Crippen LogP contribution < -0.4 is 10.1 Å². The molecule has 0 saturated heterocycles. The van der Waals surface area contributed by atoms with E-state index in [9.17, 15) is 0 Å². The molecule has 0 unspecified atom stereocenters. The monoisotopic (exact) mass is 233 g/mol. The summed E-state index contributed by atoms with van der Waals surface area (Å²) >= 11 is 0. The molecule has 0 aliphatic heterocycles. The van der Waals surface area contributed by atoms with Gasteiger partial charge in [-0.2, -0.15) is 0 Å². The molecule has 1 aliphatic rings. The van der Waals surface area contributed by atoms with E-state index < -0.39 is 0 Å². The Hall–Kier alpha value is -1.02. The fourth-order valence-corrected chi connectivity index (χ4v) is 2.14. The predicted octanol–water partition coefficient (Wildman–Crippen LogP) is 3.08. The van der Waals surface area contributed by atoms with Gasteiger partial charge in [-0.05, 0) is 62.8 Å². The van der Waals surface area contributed by atoms with Crippen molar-refractivity contribution in [3.05, 3.63) is 29.3 Å². The van der Waals surface area contributed by atoms with E-state index >= 15 is 0 Å². The first kappa shape index (κ1) is 12.4. The second-order valence-corrected chi connectivity index (χ2v) is 4.99. The van der Waals surface area contributed by atoms with Crippen LogP contribution in [0.1, 0.15) is 36.8 Å². The van der Waals surface area contributed by atoms with Crippen molar-refractivity contribution < 1.29 is 4.74 Å². The fourth-order valence-electron chi connectivity index (χ4n) is 2.14. The summed E-state index contributed by atoms with van der Waals surface area (Å²) in [4.78, 5) is 0. The van der Waals surface area contributed by atoms with E-state index in [1.807, 2.05) is 0 Å². The van der Waals surface area contributed by atoms with Crippen molar-refractivity contribution >= 4 is 0 Å². The van der Waals surface area contributed by atoms with E-state index in [-0.39, 0.29) is 0 Å². The molecule has 0 amide bonds. The molecule has 0 aromatic heterocycles. The molecule has 1 aromatic rings. The highest BCUT2D eigenvalue weighted by atomic mass is 16.5. The summed E-state index contributed by atoms with van der Waals surface area (Å²) in [6, 6.07) is 7.35. The van der Waals surface area contributed by atoms with Gasteiger partial charge in [-0.3, -0.25) is 0 Å². The van der Waals surface area contributed by atoms with Crippen molar-refractivity contribution in [1.82, 2.24) is 5.32 Å². The molecule has 0 radical (unpaired) electrons. The van der Waals surface area contributed by atoms with Gasteiger partial charge in [0.05, 0.1) is 7.11 Å². The summed E-state index contributed by atoms with van der Waals surface area (Å²) in [5.74, 6) is 0.990. The van der Waals surface area contributed by atoms with Gasteiger partial charge >= 0.3 is 0 Å². The van der Waals surface area contributed by atoms with Crippen molar-refractivity contribution in [3.63, 3.8) is 0 Å². The highest BCUT2D eigenvalue weighted by molar-refractivity contribution is 5.36. The molecule has 1 aromatic carbocycles. The molecule has 1 N–H and O–H groups in total. The largest absolute Gasteiger partial charge is 0.496 e. The molecule has 2 rings (SSSR count). The number of methoxy groups -OCH3 is 1. The van der Waals surface area contributed by atoms with E-state index in [0.717, 1.165) is 11.8 Å². The SMILES string of the molecule is COc1ccc(CCCCNC2CC2)cc1C. The van der Waals surface area contributed by atoms with Gasteiger partial charge in [0, 0.05) is 6.04 Å². The van der Waals surface area contributed by atoms with Crippen LogP contribution in [0.4, 0.5) is 0 Å². The molecule has 17 heavy (non-hydrogen) atoms. The lowest BCUT2D eigenvalue weighted by molar-refractivity contribution is 0.411. The molecule has 2 heteroatoms. The highest BCUT2D eigenvalue weighted by Gasteiger charge is 2.19. The maximum absolute atomic E-state index is 5.27. The van der Waals surface area contributed by atoms with Gasteiger partial charge in [-0.1, -0.05) is 12.1 Å². The van der Waals surface area contributed by atoms with E-state index in [0.29, 0.717) is 0 Å². The van der Waals surface area contributed by atoms with Gasteiger partial charge in [0.1, 0.15) is 5.75 Å². The molecule has 1 aliphatic carbocycles. The van der Waals surface area contributed by atoms with Crippen molar-refractivity contribution in [1.29, 1.82) is 0 Å². The van der Waals surface area contributed by atoms with Crippen LogP contribution in [0.3, 0.4) is 0 Å². The molecule has 0 atom stereocenters. The number of benzene rings is 1. The molecule has 94 valence electrons. The molecule has 1 saturated carbocycles. The van der Waals surface area contributed by atoms with Crippen LogP contribution in [-0.4, -0.2) is 19.7 Å². The Bertz CT molecular complexity index is 358. The van der Waals surface area contributed by atoms with Gasteiger partial charge in [-0.15, -0.1) is 0 Å².